The van der Waals surface area contributed by atoms with E-state index in [1.807, 2.05) is 13.0 Å². The normalized spacial score (nSPS) is 11.7. The number of pyridine rings is 1. The smallest absolute Gasteiger partial charge is 0.261 e. The van der Waals surface area contributed by atoms with Gasteiger partial charge in [-0.25, -0.2) is 18.1 Å². The van der Waals surface area contributed by atoms with Gasteiger partial charge in [0.1, 0.15) is 5.82 Å². The van der Waals surface area contributed by atoms with E-state index in [1.54, 1.807) is 32.2 Å². The predicted octanol–water partition coefficient (Wildman–Crippen LogP) is 2.51. The van der Waals surface area contributed by atoms with Crippen molar-refractivity contribution in [1.29, 1.82) is 0 Å². The van der Waals surface area contributed by atoms with Crippen LogP contribution in [0, 0.1) is 20.8 Å². The highest BCUT2D eigenvalue weighted by molar-refractivity contribution is 7.89. The molecule has 3 aromatic heterocycles. The number of hydrogen-bond donors (Lipinski definition) is 2. The molecular formula is C16H19N5O3S2. The van der Waals surface area contributed by atoms with E-state index in [1.165, 1.54) is 11.3 Å². The lowest BCUT2D eigenvalue weighted by molar-refractivity contribution is 0.425. The summed E-state index contributed by atoms with van der Waals surface area (Å²) >= 11 is 1.47. The highest BCUT2D eigenvalue weighted by Crippen LogP contribution is 2.25. The number of nitrogens with one attached hydrogen (secondary N) is 2. The molecule has 0 atom stereocenters. The lowest BCUT2D eigenvalue weighted by Gasteiger charge is -2.10. The van der Waals surface area contributed by atoms with Crippen molar-refractivity contribution in [3.05, 3.63) is 40.0 Å². The van der Waals surface area contributed by atoms with Gasteiger partial charge in [-0.3, -0.25) is 0 Å². The number of aromatic nitrogens is 3. The molecule has 0 bridgehead atoms. The maximum Gasteiger partial charge on any atom is 0.261 e. The van der Waals surface area contributed by atoms with Gasteiger partial charge in [-0.1, -0.05) is 5.16 Å². The fraction of sp³-hybridized carbons (Fsp3) is 0.312. The number of hydrogen-bond acceptors (Lipinski definition) is 8. The van der Waals surface area contributed by atoms with E-state index >= 15 is 0 Å². The van der Waals surface area contributed by atoms with Crippen LogP contribution in [0.4, 0.5) is 5.82 Å². The van der Waals surface area contributed by atoms with Crippen LogP contribution in [0.25, 0.3) is 11.5 Å². The molecule has 0 saturated carbocycles. The summed E-state index contributed by atoms with van der Waals surface area (Å²) in [5.74, 6) is 1.45. The second kappa shape index (κ2) is 7.52. The third-order valence-corrected chi connectivity index (χ3v) is 6.24. The molecule has 3 heterocycles. The van der Waals surface area contributed by atoms with Crippen LogP contribution in [0.1, 0.15) is 15.6 Å². The highest BCUT2D eigenvalue weighted by atomic mass is 32.2. The van der Waals surface area contributed by atoms with Crippen LogP contribution in [0.2, 0.25) is 0 Å². The van der Waals surface area contributed by atoms with E-state index in [0.717, 1.165) is 9.75 Å². The van der Waals surface area contributed by atoms with Gasteiger partial charge in [0.25, 0.3) is 5.89 Å². The second-order valence-electron chi connectivity index (χ2n) is 5.65. The fourth-order valence-electron chi connectivity index (χ4n) is 2.44. The van der Waals surface area contributed by atoms with Crippen LogP contribution in [0.15, 0.2) is 33.8 Å². The van der Waals surface area contributed by atoms with E-state index in [0.29, 0.717) is 34.5 Å². The van der Waals surface area contributed by atoms with Crippen molar-refractivity contribution in [1.82, 2.24) is 19.8 Å². The summed E-state index contributed by atoms with van der Waals surface area (Å²) in [6.45, 7) is 6.00. The van der Waals surface area contributed by atoms with E-state index in [-0.39, 0.29) is 6.54 Å². The quantitative estimate of drug-likeness (QED) is 0.593. The minimum atomic E-state index is -3.52. The van der Waals surface area contributed by atoms with E-state index in [4.69, 9.17) is 4.52 Å². The van der Waals surface area contributed by atoms with Gasteiger partial charge >= 0.3 is 0 Å². The lowest BCUT2D eigenvalue weighted by atomic mass is 10.2. The van der Waals surface area contributed by atoms with Gasteiger partial charge in [-0.15, -0.1) is 11.3 Å². The molecule has 0 aliphatic heterocycles. The zero-order valence-electron chi connectivity index (χ0n) is 14.6. The summed E-state index contributed by atoms with van der Waals surface area (Å²) in [7, 11) is -3.52. The molecule has 0 amide bonds. The van der Waals surface area contributed by atoms with E-state index in [2.05, 4.69) is 25.2 Å². The molecule has 0 aromatic carbocycles. The summed E-state index contributed by atoms with van der Waals surface area (Å²) in [6.07, 6.45) is 1.64. The van der Waals surface area contributed by atoms with Gasteiger partial charge in [0.05, 0.1) is 10.5 Å². The number of anilines is 1. The minimum absolute atomic E-state index is 0.218. The molecule has 138 valence electrons. The standard InChI is InChI=1S/C16H19N5O3S2/c1-10-9-14(11(2)25-10)26(22,23)19-8-7-18-15-13(5-4-6-17-15)16-20-12(3)21-24-16/h4-6,9,19H,7-8H2,1-3H3,(H,17,18). The number of thiophene rings is 1. The SMILES string of the molecule is Cc1noc(-c2cccnc2NCCNS(=O)(=O)c2cc(C)sc2C)n1. The average Bonchev–Trinajstić information content (AvgIpc) is 3.17. The van der Waals surface area contributed by atoms with E-state index in [9.17, 15) is 8.42 Å². The molecule has 0 radical (unpaired) electrons. The number of rotatable bonds is 7. The Balaban J connectivity index is 1.63. The van der Waals surface area contributed by atoms with Gasteiger partial charge in [0, 0.05) is 29.0 Å². The molecular weight excluding hydrogens is 374 g/mol. The molecule has 0 saturated heterocycles. The Bertz CT molecular complexity index is 1010. The molecule has 10 heteroatoms. The summed E-state index contributed by atoms with van der Waals surface area (Å²) in [5.41, 5.74) is 0.667. The number of sulfonamides is 1. The first-order valence-corrected chi connectivity index (χ1v) is 10.2. The third-order valence-electron chi connectivity index (χ3n) is 3.56. The molecule has 0 unspecified atom stereocenters. The average molecular weight is 393 g/mol. The second-order valence-corrected chi connectivity index (χ2v) is 8.84. The summed E-state index contributed by atoms with van der Waals surface area (Å²) < 4.78 is 32.5. The minimum Gasteiger partial charge on any atom is -0.368 e. The largest absolute Gasteiger partial charge is 0.368 e. The van der Waals surface area contributed by atoms with Crippen LogP contribution < -0.4 is 10.0 Å². The van der Waals surface area contributed by atoms with Crippen molar-refractivity contribution in [2.75, 3.05) is 18.4 Å². The molecule has 0 fully saturated rings. The van der Waals surface area contributed by atoms with Crippen molar-refractivity contribution in [3.8, 4) is 11.5 Å². The lowest BCUT2D eigenvalue weighted by Crippen LogP contribution is -2.29. The first kappa shape index (κ1) is 18.5. The van der Waals surface area contributed by atoms with Crippen molar-refractivity contribution in [2.45, 2.75) is 25.7 Å². The zero-order chi connectivity index (χ0) is 18.7. The van der Waals surface area contributed by atoms with Crippen molar-refractivity contribution in [2.24, 2.45) is 0 Å². The van der Waals surface area contributed by atoms with Crippen LogP contribution in [0.3, 0.4) is 0 Å². The van der Waals surface area contributed by atoms with Crippen molar-refractivity contribution >= 4 is 27.2 Å². The van der Waals surface area contributed by atoms with Crippen molar-refractivity contribution in [3.63, 3.8) is 0 Å². The van der Waals surface area contributed by atoms with Gasteiger partial charge in [0.15, 0.2) is 5.82 Å². The Kier molecular flexibility index (Phi) is 5.35. The van der Waals surface area contributed by atoms with Crippen LogP contribution in [-0.2, 0) is 10.0 Å². The Morgan fingerprint density at radius 1 is 1.23 bits per heavy atom. The van der Waals surface area contributed by atoms with Crippen LogP contribution in [-0.4, -0.2) is 36.6 Å². The predicted molar refractivity (Wildman–Crippen MR) is 99.7 cm³/mol. The molecule has 3 aromatic rings. The van der Waals surface area contributed by atoms with Crippen LogP contribution >= 0.6 is 11.3 Å². The highest BCUT2D eigenvalue weighted by Gasteiger charge is 2.18. The molecule has 8 nitrogen and oxygen atoms in total. The Morgan fingerprint density at radius 2 is 2.04 bits per heavy atom. The molecule has 0 spiro atoms. The van der Waals surface area contributed by atoms with Gasteiger partial charge in [0.2, 0.25) is 10.0 Å². The molecule has 0 aliphatic carbocycles. The van der Waals surface area contributed by atoms with Gasteiger partial charge in [-0.2, -0.15) is 4.98 Å². The molecule has 0 aliphatic rings. The summed E-state index contributed by atoms with van der Waals surface area (Å²) in [4.78, 5) is 10.5. The van der Waals surface area contributed by atoms with Crippen molar-refractivity contribution < 1.29 is 12.9 Å². The van der Waals surface area contributed by atoms with E-state index < -0.39 is 10.0 Å². The molecule has 3 rings (SSSR count). The number of aryl methyl sites for hydroxylation is 3. The first-order valence-electron chi connectivity index (χ1n) is 7.93. The monoisotopic (exact) mass is 393 g/mol. The third kappa shape index (κ3) is 4.09. The Morgan fingerprint density at radius 3 is 2.69 bits per heavy atom. The Labute approximate surface area is 155 Å². The fourth-order valence-corrected chi connectivity index (χ4v) is 5.03. The summed E-state index contributed by atoms with van der Waals surface area (Å²) in [6, 6.07) is 5.26. The maximum absolute atomic E-state index is 12.4. The summed E-state index contributed by atoms with van der Waals surface area (Å²) in [5, 5.41) is 6.88. The molecule has 26 heavy (non-hydrogen) atoms. The first-order chi connectivity index (χ1) is 12.4. The maximum atomic E-state index is 12.4. The van der Waals surface area contributed by atoms with Gasteiger partial charge < -0.3 is 9.84 Å². The molecule has 2 N–H and O–H groups in total. The zero-order valence-corrected chi connectivity index (χ0v) is 16.2. The van der Waals surface area contributed by atoms with Gasteiger partial charge in [-0.05, 0) is 39.0 Å². The number of nitrogens with zero attached hydrogens (tertiary/aromatic N) is 3. The topological polar surface area (TPSA) is 110 Å². The van der Waals surface area contributed by atoms with Crippen LogP contribution in [0.5, 0.6) is 0 Å². The Hall–Kier alpha value is -2.30.